The molecule has 0 radical (unpaired) electrons. The van der Waals surface area contributed by atoms with Crippen LogP contribution in [-0.4, -0.2) is 27.4 Å². The first-order chi connectivity index (χ1) is 13.6. The summed E-state index contributed by atoms with van der Waals surface area (Å²) in [5.74, 6) is 0.950. The molecular formula is C22H23N5O. The lowest BCUT2D eigenvalue weighted by atomic mass is 9.91. The lowest BCUT2D eigenvalue weighted by molar-refractivity contribution is 0.0926. The summed E-state index contributed by atoms with van der Waals surface area (Å²) in [6.45, 7) is 1.99. The summed E-state index contributed by atoms with van der Waals surface area (Å²) in [6.07, 6.45) is 5.60. The number of fused-ring (bicyclic) bond motifs is 1. The van der Waals surface area contributed by atoms with Gasteiger partial charge in [-0.15, -0.1) is 0 Å². The van der Waals surface area contributed by atoms with Gasteiger partial charge in [0.15, 0.2) is 5.69 Å². The molecule has 0 bridgehead atoms. The van der Waals surface area contributed by atoms with Crippen LogP contribution in [0.1, 0.15) is 47.3 Å². The molecule has 6 nitrogen and oxygen atoms in total. The Morgan fingerprint density at radius 3 is 2.64 bits per heavy atom. The van der Waals surface area contributed by atoms with Gasteiger partial charge in [-0.2, -0.15) is 5.26 Å². The lowest BCUT2D eigenvalue weighted by Gasteiger charge is -2.30. The molecule has 1 aliphatic carbocycles. The number of imidazole rings is 1. The number of pyridine rings is 1. The van der Waals surface area contributed by atoms with Crippen LogP contribution in [0, 0.1) is 18.3 Å². The number of nitriles is 1. The van der Waals surface area contributed by atoms with Crippen molar-refractivity contribution >= 4 is 17.4 Å². The van der Waals surface area contributed by atoms with Crippen LogP contribution in [0.25, 0.3) is 5.65 Å². The number of nitrogens with zero attached hydrogens (tertiary/aromatic N) is 3. The summed E-state index contributed by atoms with van der Waals surface area (Å²) in [6, 6.07) is 16.2. The predicted molar refractivity (Wildman–Crippen MR) is 108 cm³/mol. The maximum atomic E-state index is 12.5. The third kappa shape index (κ3) is 3.84. The Labute approximate surface area is 164 Å². The second-order valence-electron chi connectivity index (χ2n) is 7.41. The second kappa shape index (κ2) is 7.73. The average molecular weight is 373 g/mol. The normalized spacial score (nSPS) is 19.1. The fourth-order valence-corrected chi connectivity index (χ4v) is 3.83. The SMILES string of the molecule is Cc1cccc(C(=O)NC2CCC(Nc3cccc4nc(C#N)cn34)CC2)c1. The zero-order chi connectivity index (χ0) is 19.5. The number of nitrogens with one attached hydrogen (secondary N) is 2. The van der Waals surface area contributed by atoms with Gasteiger partial charge in [0, 0.05) is 23.8 Å². The topological polar surface area (TPSA) is 82.2 Å². The number of anilines is 1. The predicted octanol–water partition coefficient (Wildman–Crippen LogP) is 3.67. The Bertz CT molecular complexity index is 1040. The molecule has 1 amide bonds. The largest absolute Gasteiger partial charge is 0.368 e. The molecule has 0 unspecified atom stereocenters. The molecule has 4 rings (SSSR count). The van der Waals surface area contributed by atoms with Gasteiger partial charge >= 0.3 is 0 Å². The molecule has 0 atom stereocenters. The minimum atomic E-state index is 0.00678. The molecule has 2 N–H and O–H groups in total. The van der Waals surface area contributed by atoms with E-state index in [2.05, 4.69) is 21.7 Å². The van der Waals surface area contributed by atoms with E-state index in [1.807, 2.05) is 53.8 Å². The summed E-state index contributed by atoms with van der Waals surface area (Å²) < 4.78 is 1.92. The van der Waals surface area contributed by atoms with Crippen molar-refractivity contribution in [3.8, 4) is 6.07 Å². The minimum Gasteiger partial charge on any atom is -0.368 e. The Balaban J connectivity index is 1.35. The third-order valence-corrected chi connectivity index (χ3v) is 5.30. The van der Waals surface area contributed by atoms with Gasteiger partial charge < -0.3 is 10.6 Å². The summed E-state index contributed by atoms with van der Waals surface area (Å²) in [4.78, 5) is 16.7. The maximum absolute atomic E-state index is 12.5. The maximum Gasteiger partial charge on any atom is 0.251 e. The number of amides is 1. The fourth-order valence-electron chi connectivity index (χ4n) is 3.83. The van der Waals surface area contributed by atoms with Gasteiger partial charge in [0.2, 0.25) is 0 Å². The molecule has 142 valence electrons. The van der Waals surface area contributed by atoms with E-state index in [0.29, 0.717) is 11.7 Å². The van der Waals surface area contributed by atoms with Crippen molar-refractivity contribution in [3.63, 3.8) is 0 Å². The summed E-state index contributed by atoms with van der Waals surface area (Å²) >= 11 is 0. The first-order valence-corrected chi connectivity index (χ1v) is 9.64. The van der Waals surface area contributed by atoms with Gasteiger partial charge in [0.05, 0.1) is 0 Å². The zero-order valence-electron chi connectivity index (χ0n) is 15.9. The number of benzene rings is 1. The van der Waals surface area contributed by atoms with Gasteiger partial charge in [-0.25, -0.2) is 4.98 Å². The second-order valence-corrected chi connectivity index (χ2v) is 7.41. The number of aromatic nitrogens is 2. The Hall–Kier alpha value is -3.33. The van der Waals surface area contributed by atoms with Crippen LogP contribution in [0.15, 0.2) is 48.7 Å². The number of aryl methyl sites for hydroxylation is 1. The highest BCUT2D eigenvalue weighted by Crippen LogP contribution is 2.23. The molecule has 0 aliphatic heterocycles. The van der Waals surface area contributed by atoms with Gasteiger partial charge in [-0.05, 0) is 56.9 Å². The molecule has 1 saturated carbocycles. The number of carbonyl (C=O) groups excluding carboxylic acids is 1. The van der Waals surface area contributed by atoms with E-state index >= 15 is 0 Å². The van der Waals surface area contributed by atoms with Crippen molar-refractivity contribution in [1.82, 2.24) is 14.7 Å². The van der Waals surface area contributed by atoms with E-state index < -0.39 is 0 Å². The highest BCUT2D eigenvalue weighted by Gasteiger charge is 2.23. The highest BCUT2D eigenvalue weighted by atomic mass is 16.1. The van der Waals surface area contributed by atoms with Crippen LogP contribution in [0.3, 0.4) is 0 Å². The molecule has 3 aromatic rings. The van der Waals surface area contributed by atoms with Crippen LogP contribution in [-0.2, 0) is 0 Å². The molecule has 1 aromatic carbocycles. The Morgan fingerprint density at radius 1 is 1.14 bits per heavy atom. The van der Waals surface area contributed by atoms with Gasteiger partial charge in [0.25, 0.3) is 5.91 Å². The summed E-state index contributed by atoms with van der Waals surface area (Å²) in [5.41, 5.74) is 2.99. The van der Waals surface area contributed by atoms with Crippen molar-refractivity contribution in [1.29, 1.82) is 5.26 Å². The monoisotopic (exact) mass is 373 g/mol. The van der Waals surface area contributed by atoms with Crippen LogP contribution in [0.5, 0.6) is 0 Å². The summed E-state index contributed by atoms with van der Waals surface area (Å²) in [5, 5.41) is 15.8. The van der Waals surface area contributed by atoms with Crippen LogP contribution in [0.2, 0.25) is 0 Å². The molecule has 0 saturated heterocycles. The minimum absolute atomic E-state index is 0.00678. The number of carbonyl (C=O) groups is 1. The first-order valence-electron chi connectivity index (χ1n) is 9.64. The van der Waals surface area contributed by atoms with Gasteiger partial charge in [-0.3, -0.25) is 9.20 Å². The van der Waals surface area contributed by atoms with E-state index in [1.165, 1.54) is 0 Å². The molecular weight excluding hydrogens is 350 g/mol. The Kier molecular flexibility index (Phi) is 4.98. The number of hydrogen-bond donors (Lipinski definition) is 2. The smallest absolute Gasteiger partial charge is 0.251 e. The van der Waals surface area contributed by atoms with Gasteiger partial charge in [-0.1, -0.05) is 23.8 Å². The highest BCUT2D eigenvalue weighted by molar-refractivity contribution is 5.94. The average Bonchev–Trinajstić information content (AvgIpc) is 3.14. The van der Waals surface area contributed by atoms with Crippen molar-refractivity contribution in [2.75, 3.05) is 5.32 Å². The Morgan fingerprint density at radius 2 is 1.89 bits per heavy atom. The first kappa shape index (κ1) is 18.1. The van der Waals surface area contributed by atoms with E-state index in [4.69, 9.17) is 5.26 Å². The molecule has 6 heteroatoms. The van der Waals surface area contributed by atoms with E-state index in [0.717, 1.165) is 48.3 Å². The van der Waals surface area contributed by atoms with Crippen molar-refractivity contribution in [2.45, 2.75) is 44.7 Å². The quantitative estimate of drug-likeness (QED) is 0.731. The van der Waals surface area contributed by atoms with Crippen molar-refractivity contribution in [2.24, 2.45) is 0 Å². The lowest BCUT2D eigenvalue weighted by Crippen LogP contribution is -2.40. The van der Waals surface area contributed by atoms with Crippen molar-refractivity contribution < 1.29 is 4.79 Å². The molecule has 0 spiro atoms. The fraction of sp³-hybridized carbons (Fsp3) is 0.318. The number of hydrogen-bond acceptors (Lipinski definition) is 4. The molecule has 2 aromatic heterocycles. The van der Waals surface area contributed by atoms with Crippen LogP contribution in [0.4, 0.5) is 5.82 Å². The van der Waals surface area contributed by atoms with Crippen LogP contribution < -0.4 is 10.6 Å². The van der Waals surface area contributed by atoms with E-state index in [-0.39, 0.29) is 11.9 Å². The molecule has 28 heavy (non-hydrogen) atoms. The van der Waals surface area contributed by atoms with Crippen molar-refractivity contribution in [3.05, 3.63) is 65.5 Å². The third-order valence-electron chi connectivity index (χ3n) is 5.30. The van der Waals surface area contributed by atoms with E-state index in [9.17, 15) is 4.79 Å². The van der Waals surface area contributed by atoms with Gasteiger partial charge in [0.1, 0.15) is 17.5 Å². The molecule has 1 aliphatic rings. The van der Waals surface area contributed by atoms with Crippen LogP contribution >= 0.6 is 0 Å². The summed E-state index contributed by atoms with van der Waals surface area (Å²) in [7, 11) is 0. The standard InChI is InChI=1S/C22H23N5O/c1-15-4-2-5-16(12-15)22(28)26-18-10-8-17(9-11-18)24-20-6-3-7-21-25-19(13-23)14-27(20)21/h2-7,12,14,17-18,24H,8-11H2,1H3,(H,26,28). The number of rotatable bonds is 4. The molecule has 2 heterocycles. The molecule has 1 fully saturated rings. The van der Waals surface area contributed by atoms with E-state index in [1.54, 1.807) is 6.20 Å². The zero-order valence-corrected chi connectivity index (χ0v) is 15.9.